The molecule has 0 bridgehead atoms. The summed E-state index contributed by atoms with van der Waals surface area (Å²) in [5, 5.41) is 0. The van der Waals surface area contributed by atoms with Crippen molar-refractivity contribution in [3.8, 4) is 0 Å². The Kier molecular flexibility index (Phi) is 4.91. The summed E-state index contributed by atoms with van der Waals surface area (Å²) in [6.45, 7) is 4.59. The topological polar surface area (TPSA) is 52.2 Å². The monoisotopic (exact) mass is 290 g/mol. The fraction of sp³-hybridized carbons (Fsp3) is 0.750. The van der Waals surface area contributed by atoms with Crippen LogP contribution < -0.4 is 0 Å². The summed E-state index contributed by atoms with van der Waals surface area (Å²) >= 11 is 0. The van der Waals surface area contributed by atoms with Crippen molar-refractivity contribution >= 4 is 5.91 Å². The fourth-order valence-electron chi connectivity index (χ4n) is 3.55. The Balaban J connectivity index is 1.37. The van der Waals surface area contributed by atoms with Gasteiger partial charge in [0.2, 0.25) is 5.91 Å². The van der Waals surface area contributed by atoms with Crippen LogP contribution >= 0.6 is 0 Å². The molecule has 2 fully saturated rings. The summed E-state index contributed by atoms with van der Waals surface area (Å²) in [6.07, 6.45) is 10.9. The molecule has 1 N–H and O–H groups in total. The van der Waals surface area contributed by atoms with E-state index in [0.717, 1.165) is 57.2 Å². The molecule has 0 atom stereocenters. The van der Waals surface area contributed by atoms with E-state index in [9.17, 15) is 4.79 Å². The molecule has 1 saturated carbocycles. The van der Waals surface area contributed by atoms with E-state index in [1.807, 2.05) is 6.20 Å². The maximum atomic E-state index is 12.3. The van der Waals surface area contributed by atoms with E-state index in [4.69, 9.17) is 0 Å². The molecule has 0 aromatic carbocycles. The van der Waals surface area contributed by atoms with E-state index in [-0.39, 0.29) is 0 Å². The Morgan fingerprint density at radius 2 is 2.00 bits per heavy atom. The number of rotatable bonds is 5. The minimum Gasteiger partial charge on any atom is -0.347 e. The Bertz CT molecular complexity index is 431. The number of piperazine rings is 1. The van der Waals surface area contributed by atoms with E-state index in [2.05, 4.69) is 19.8 Å². The van der Waals surface area contributed by atoms with Gasteiger partial charge >= 0.3 is 0 Å². The van der Waals surface area contributed by atoms with Crippen LogP contribution in [0.15, 0.2) is 12.5 Å². The number of nitrogens with one attached hydrogen (secondary N) is 1. The zero-order valence-corrected chi connectivity index (χ0v) is 12.8. The molecule has 21 heavy (non-hydrogen) atoms. The number of hydrogen-bond acceptors (Lipinski definition) is 3. The fourth-order valence-corrected chi connectivity index (χ4v) is 3.55. The lowest BCUT2D eigenvalue weighted by Crippen LogP contribution is -2.48. The highest BCUT2D eigenvalue weighted by atomic mass is 16.2. The first kappa shape index (κ1) is 14.6. The van der Waals surface area contributed by atoms with Crippen molar-refractivity contribution < 1.29 is 4.79 Å². The van der Waals surface area contributed by atoms with Crippen molar-refractivity contribution in [3.05, 3.63) is 18.2 Å². The predicted molar refractivity (Wildman–Crippen MR) is 81.6 cm³/mol. The molecule has 2 heterocycles. The Morgan fingerprint density at radius 1 is 1.24 bits per heavy atom. The van der Waals surface area contributed by atoms with Crippen molar-refractivity contribution in [2.24, 2.45) is 5.92 Å². The van der Waals surface area contributed by atoms with Gasteiger partial charge in [-0.3, -0.25) is 9.69 Å². The molecule has 2 aliphatic rings. The number of imidazole rings is 1. The van der Waals surface area contributed by atoms with Gasteiger partial charge in [0.05, 0.1) is 6.33 Å². The maximum Gasteiger partial charge on any atom is 0.222 e. The quantitative estimate of drug-likeness (QED) is 0.902. The van der Waals surface area contributed by atoms with Crippen LogP contribution in [0.5, 0.6) is 0 Å². The Morgan fingerprint density at radius 3 is 2.67 bits per heavy atom. The lowest BCUT2D eigenvalue weighted by molar-refractivity contribution is -0.133. The molecule has 5 nitrogen and oxygen atoms in total. The van der Waals surface area contributed by atoms with Gasteiger partial charge in [0, 0.05) is 51.0 Å². The number of H-pyrrole nitrogens is 1. The number of aromatic nitrogens is 2. The lowest BCUT2D eigenvalue weighted by atomic mass is 10.0. The van der Waals surface area contributed by atoms with Crippen LogP contribution in [0.25, 0.3) is 0 Å². The number of carbonyl (C=O) groups is 1. The highest BCUT2D eigenvalue weighted by Gasteiger charge is 2.23. The minimum absolute atomic E-state index is 0.364. The van der Waals surface area contributed by atoms with Crippen molar-refractivity contribution in [1.29, 1.82) is 0 Å². The van der Waals surface area contributed by atoms with Gasteiger partial charge in [0.1, 0.15) is 0 Å². The lowest BCUT2D eigenvalue weighted by Gasteiger charge is -2.34. The van der Waals surface area contributed by atoms with Gasteiger partial charge < -0.3 is 9.88 Å². The van der Waals surface area contributed by atoms with Crippen LogP contribution in [0.1, 0.15) is 44.2 Å². The standard InChI is InChI=1S/C16H26N4O/c21-16(6-5-14-3-1-2-4-14)20-9-7-19(8-10-20)12-15-11-17-13-18-15/h11,13-14H,1-10,12H2,(H,17,18). The molecule has 1 aromatic rings. The number of carbonyl (C=O) groups excluding carboxylic acids is 1. The SMILES string of the molecule is O=C(CCC1CCCC1)N1CCN(Cc2cnc[nH]2)CC1. The molecule has 1 aromatic heterocycles. The highest BCUT2D eigenvalue weighted by molar-refractivity contribution is 5.76. The third-order valence-corrected chi connectivity index (χ3v) is 4.91. The second kappa shape index (κ2) is 7.07. The van der Waals surface area contributed by atoms with Gasteiger partial charge in [0.25, 0.3) is 0 Å². The first-order valence-corrected chi connectivity index (χ1v) is 8.28. The molecule has 116 valence electrons. The van der Waals surface area contributed by atoms with Crippen LogP contribution in [-0.4, -0.2) is 51.9 Å². The number of nitrogens with zero attached hydrogens (tertiary/aromatic N) is 3. The predicted octanol–water partition coefficient (Wildman–Crippen LogP) is 2.02. The van der Waals surface area contributed by atoms with E-state index < -0.39 is 0 Å². The molecule has 0 spiro atoms. The van der Waals surface area contributed by atoms with E-state index in [1.165, 1.54) is 25.7 Å². The average Bonchev–Trinajstić information content (AvgIpc) is 3.19. The normalized spacial score (nSPS) is 21.0. The second-order valence-corrected chi connectivity index (χ2v) is 6.42. The zero-order valence-electron chi connectivity index (χ0n) is 12.8. The summed E-state index contributed by atoms with van der Waals surface area (Å²) in [5.74, 6) is 1.18. The van der Waals surface area contributed by atoms with Crippen molar-refractivity contribution in [2.45, 2.75) is 45.1 Å². The number of aromatic amines is 1. The smallest absolute Gasteiger partial charge is 0.222 e. The van der Waals surface area contributed by atoms with E-state index in [0.29, 0.717) is 5.91 Å². The van der Waals surface area contributed by atoms with E-state index in [1.54, 1.807) is 6.33 Å². The molecule has 1 amide bonds. The molecule has 1 aliphatic carbocycles. The summed E-state index contributed by atoms with van der Waals surface area (Å²) in [4.78, 5) is 23.9. The highest BCUT2D eigenvalue weighted by Crippen LogP contribution is 2.28. The molecule has 1 aliphatic heterocycles. The second-order valence-electron chi connectivity index (χ2n) is 6.42. The summed E-state index contributed by atoms with van der Waals surface area (Å²) < 4.78 is 0. The summed E-state index contributed by atoms with van der Waals surface area (Å²) in [7, 11) is 0. The van der Waals surface area contributed by atoms with E-state index >= 15 is 0 Å². The maximum absolute atomic E-state index is 12.3. The van der Waals surface area contributed by atoms with Crippen LogP contribution in [0, 0.1) is 5.92 Å². The largest absolute Gasteiger partial charge is 0.347 e. The van der Waals surface area contributed by atoms with Crippen LogP contribution in [0.3, 0.4) is 0 Å². The van der Waals surface area contributed by atoms with Gasteiger partial charge in [-0.2, -0.15) is 0 Å². The van der Waals surface area contributed by atoms with Crippen LogP contribution in [0.2, 0.25) is 0 Å². The molecular weight excluding hydrogens is 264 g/mol. The summed E-state index contributed by atoms with van der Waals surface area (Å²) in [5.41, 5.74) is 1.15. The molecule has 0 radical (unpaired) electrons. The molecule has 5 heteroatoms. The molecule has 1 saturated heterocycles. The first-order valence-electron chi connectivity index (χ1n) is 8.28. The zero-order chi connectivity index (χ0) is 14.5. The first-order chi connectivity index (χ1) is 10.3. The van der Waals surface area contributed by atoms with Crippen molar-refractivity contribution in [3.63, 3.8) is 0 Å². The number of hydrogen-bond donors (Lipinski definition) is 1. The van der Waals surface area contributed by atoms with Gasteiger partial charge in [-0.15, -0.1) is 0 Å². The summed E-state index contributed by atoms with van der Waals surface area (Å²) in [6, 6.07) is 0. The third kappa shape index (κ3) is 4.06. The molecule has 0 unspecified atom stereocenters. The van der Waals surface area contributed by atoms with Gasteiger partial charge in [-0.05, 0) is 12.3 Å². The third-order valence-electron chi connectivity index (χ3n) is 4.91. The molecular formula is C16H26N4O. The van der Waals surface area contributed by atoms with Gasteiger partial charge in [-0.25, -0.2) is 4.98 Å². The number of amides is 1. The van der Waals surface area contributed by atoms with Gasteiger partial charge in [-0.1, -0.05) is 25.7 Å². The van der Waals surface area contributed by atoms with Gasteiger partial charge in [0.15, 0.2) is 0 Å². The van der Waals surface area contributed by atoms with Crippen molar-refractivity contribution in [1.82, 2.24) is 19.8 Å². The minimum atomic E-state index is 0.364. The molecule has 3 rings (SSSR count). The van der Waals surface area contributed by atoms with Crippen molar-refractivity contribution in [2.75, 3.05) is 26.2 Å². The van der Waals surface area contributed by atoms with Crippen LogP contribution in [-0.2, 0) is 11.3 Å². The Labute approximate surface area is 126 Å². The average molecular weight is 290 g/mol. The van der Waals surface area contributed by atoms with Crippen LogP contribution in [0.4, 0.5) is 0 Å². The Hall–Kier alpha value is -1.36.